The summed E-state index contributed by atoms with van der Waals surface area (Å²) in [7, 11) is 0. The highest BCUT2D eigenvalue weighted by Gasteiger charge is 2.26. The molecule has 0 fully saturated rings. The van der Waals surface area contributed by atoms with Crippen LogP contribution in [0.4, 0.5) is 0 Å². The summed E-state index contributed by atoms with van der Waals surface area (Å²) in [5.74, 6) is 1.37. The van der Waals surface area contributed by atoms with Gasteiger partial charge in [-0.25, -0.2) is 0 Å². The molecule has 1 N–H and O–H groups in total. The Morgan fingerprint density at radius 2 is 1.95 bits per heavy atom. The Bertz CT molecular complexity index is 754. The van der Waals surface area contributed by atoms with E-state index in [0.717, 1.165) is 18.7 Å². The molecule has 0 saturated heterocycles. The lowest BCUT2D eigenvalue weighted by Crippen LogP contribution is -2.28. The first kappa shape index (κ1) is 12.2. The topological polar surface area (TPSA) is 63.8 Å². The maximum atomic E-state index is 5.49. The van der Waals surface area contributed by atoms with E-state index in [0.29, 0.717) is 11.7 Å². The monoisotopic (exact) mass is 278 g/mol. The van der Waals surface area contributed by atoms with Crippen molar-refractivity contribution in [1.82, 2.24) is 20.4 Å². The molecule has 5 heteroatoms. The van der Waals surface area contributed by atoms with Crippen LogP contribution in [0.1, 0.15) is 22.9 Å². The predicted octanol–water partition coefficient (Wildman–Crippen LogP) is 2.37. The van der Waals surface area contributed by atoms with Crippen LogP contribution in [-0.4, -0.2) is 21.7 Å². The highest BCUT2D eigenvalue weighted by Crippen LogP contribution is 2.30. The van der Waals surface area contributed by atoms with E-state index in [1.54, 1.807) is 12.4 Å². The summed E-state index contributed by atoms with van der Waals surface area (Å²) in [5, 5.41) is 7.49. The van der Waals surface area contributed by atoms with E-state index in [1.807, 2.05) is 12.1 Å². The maximum absolute atomic E-state index is 5.49. The Labute approximate surface area is 122 Å². The first-order chi connectivity index (χ1) is 10.4. The molecular weight excluding hydrogens is 264 g/mol. The Morgan fingerprint density at radius 3 is 2.86 bits per heavy atom. The molecule has 4 rings (SSSR count). The zero-order chi connectivity index (χ0) is 14.1. The first-order valence-electron chi connectivity index (χ1n) is 6.94. The molecule has 0 radical (unpaired) electrons. The Kier molecular flexibility index (Phi) is 2.97. The van der Waals surface area contributed by atoms with Crippen LogP contribution in [-0.2, 0) is 6.54 Å². The molecule has 1 unspecified atom stereocenters. The lowest BCUT2D eigenvalue weighted by Gasteiger charge is -2.23. The lowest BCUT2D eigenvalue weighted by atomic mass is 9.91. The van der Waals surface area contributed by atoms with Crippen molar-refractivity contribution in [1.29, 1.82) is 0 Å². The van der Waals surface area contributed by atoms with Crippen LogP contribution < -0.4 is 5.32 Å². The van der Waals surface area contributed by atoms with Gasteiger partial charge in [-0.3, -0.25) is 4.98 Å². The van der Waals surface area contributed by atoms with Gasteiger partial charge in [0.1, 0.15) is 0 Å². The van der Waals surface area contributed by atoms with Gasteiger partial charge in [-0.2, -0.15) is 4.98 Å². The summed E-state index contributed by atoms with van der Waals surface area (Å²) in [6.07, 6.45) is 3.45. The average molecular weight is 278 g/mol. The van der Waals surface area contributed by atoms with Gasteiger partial charge < -0.3 is 9.84 Å². The summed E-state index contributed by atoms with van der Waals surface area (Å²) in [5.41, 5.74) is 3.47. The van der Waals surface area contributed by atoms with Crippen LogP contribution in [0.25, 0.3) is 11.4 Å². The third-order valence-electron chi connectivity index (χ3n) is 3.77. The van der Waals surface area contributed by atoms with E-state index in [9.17, 15) is 0 Å². The van der Waals surface area contributed by atoms with Crippen molar-refractivity contribution in [2.24, 2.45) is 0 Å². The first-order valence-corrected chi connectivity index (χ1v) is 6.94. The molecule has 104 valence electrons. The number of rotatable bonds is 2. The van der Waals surface area contributed by atoms with Crippen molar-refractivity contribution in [3.05, 3.63) is 65.8 Å². The Balaban J connectivity index is 1.71. The fraction of sp³-hybridized carbons (Fsp3) is 0.188. The number of pyridine rings is 1. The zero-order valence-electron chi connectivity index (χ0n) is 11.4. The van der Waals surface area contributed by atoms with Crippen LogP contribution in [0.5, 0.6) is 0 Å². The molecule has 0 saturated carbocycles. The fourth-order valence-electron chi connectivity index (χ4n) is 2.71. The SMILES string of the molecule is c1ccc2c(c1)CNCC2c1nc(-c2ccncc2)no1. The highest BCUT2D eigenvalue weighted by atomic mass is 16.5. The normalized spacial score (nSPS) is 17.4. The van der Waals surface area contributed by atoms with Crippen molar-refractivity contribution in [2.75, 3.05) is 6.54 Å². The summed E-state index contributed by atoms with van der Waals surface area (Å²) >= 11 is 0. The summed E-state index contributed by atoms with van der Waals surface area (Å²) in [6.45, 7) is 1.70. The van der Waals surface area contributed by atoms with Crippen LogP contribution >= 0.6 is 0 Å². The van der Waals surface area contributed by atoms with Gasteiger partial charge in [-0.05, 0) is 23.3 Å². The maximum Gasteiger partial charge on any atom is 0.235 e. The number of aromatic nitrogens is 3. The van der Waals surface area contributed by atoms with Crippen LogP contribution in [0.15, 0.2) is 53.3 Å². The van der Waals surface area contributed by atoms with E-state index < -0.39 is 0 Å². The van der Waals surface area contributed by atoms with Crippen molar-refractivity contribution in [3.8, 4) is 11.4 Å². The molecule has 2 aromatic heterocycles. The summed E-state index contributed by atoms with van der Waals surface area (Å²) in [6, 6.07) is 12.1. The summed E-state index contributed by atoms with van der Waals surface area (Å²) in [4.78, 5) is 8.56. The molecule has 0 spiro atoms. The third-order valence-corrected chi connectivity index (χ3v) is 3.77. The molecule has 3 heterocycles. The van der Waals surface area contributed by atoms with Crippen molar-refractivity contribution in [2.45, 2.75) is 12.5 Å². The van der Waals surface area contributed by atoms with Gasteiger partial charge in [0, 0.05) is 31.0 Å². The number of hydrogen-bond donors (Lipinski definition) is 1. The molecule has 1 aliphatic rings. The molecule has 0 aliphatic carbocycles. The minimum atomic E-state index is 0.109. The summed E-state index contributed by atoms with van der Waals surface area (Å²) < 4.78 is 5.49. The fourth-order valence-corrected chi connectivity index (χ4v) is 2.71. The molecule has 1 aliphatic heterocycles. The van der Waals surface area contributed by atoms with Gasteiger partial charge >= 0.3 is 0 Å². The number of hydrogen-bond acceptors (Lipinski definition) is 5. The van der Waals surface area contributed by atoms with E-state index in [4.69, 9.17) is 4.52 Å². The molecule has 5 nitrogen and oxygen atoms in total. The quantitative estimate of drug-likeness (QED) is 0.779. The molecule has 1 aromatic carbocycles. The Hall–Kier alpha value is -2.53. The molecule has 0 amide bonds. The van der Waals surface area contributed by atoms with Crippen LogP contribution in [0.3, 0.4) is 0 Å². The van der Waals surface area contributed by atoms with Gasteiger partial charge in [-0.15, -0.1) is 0 Å². The van der Waals surface area contributed by atoms with Crippen molar-refractivity contribution >= 4 is 0 Å². The number of nitrogens with one attached hydrogen (secondary N) is 1. The minimum Gasteiger partial charge on any atom is -0.338 e. The van der Waals surface area contributed by atoms with E-state index >= 15 is 0 Å². The second-order valence-corrected chi connectivity index (χ2v) is 5.07. The third kappa shape index (κ3) is 2.21. The largest absolute Gasteiger partial charge is 0.338 e. The highest BCUT2D eigenvalue weighted by molar-refractivity contribution is 5.53. The lowest BCUT2D eigenvalue weighted by molar-refractivity contribution is 0.356. The van der Waals surface area contributed by atoms with E-state index in [2.05, 4.69) is 44.7 Å². The zero-order valence-corrected chi connectivity index (χ0v) is 11.4. The number of fused-ring (bicyclic) bond motifs is 1. The molecule has 21 heavy (non-hydrogen) atoms. The predicted molar refractivity (Wildman–Crippen MR) is 77.5 cm³/mol. The molecule has 0 bridgehead atoms. The van der Waals surface area contributed by atoms with Gasteiger partial charge in [0.2, 0.25) is 11.7 Å². The van der Waals surface area contributed by atoms with Gasteiger partial charge in [0.15, 0.2) is 0 Å². The van der Waals surface area contributed by atoms with Gasteiger partial charge in [0.05, 0.1) is 5.92 Å². The van der Waals surface area contributed by atoms with Crippen LogP contribution in [0.2, 0.25) is 0 Å². The Morgan fingerprint density at radius 1 is 1.10 bits per heavy atom. The average Bonchev–Trinajstić information content (AvgIpc) is 3.05. The van der Waals surface area contributed by atoms with E-state index in [1.165, 1.54) is 11.1 Å². The van der Waals surface area contributed by atoms with Gasteiger partial charge in [0.25, 0.3) is 0 Å². The second kappa shape index (κ2) is 5.10. The number of benzene rings is 1. The van der Waals surface area contributed by atoms with Crippen molar-refractivity contribution in [3.63, 3.8) is 0 Å². The second-order valence-electron chi connectivity index (χ2n) is 5.07. The van der Waals surface area contributed by atoms with E-state index in [-0.39, 0.29) is 5.92 Å². The molecule has 3 aromatic rings. The van der Waals surface area contributed by atoms with Crippen LogP contribution in [0, 0.1) is 0 Å². The van der Waals surface area contributed by atoms with Gasteiger partial charge in [-0.1, -0.05) is 29.4 Å². The van der Waals surface area contributed by atoms with Crippen molar-refractivity contribution < 1.29 is 4.52 Å². The molecule has 1 atom stereocenters. The number of nitrogens with zero attached hydrogens (tertiary/aromatic N) is 3. The molecular formula is C16H14N4O. The minimum absolute atomic E-state index is 0.109. The smallest absolute Gasteiger partial charge is 0.235 e. The standard InChI is InChI=1S/C16H14N4O/c1-2-4-13-12(3-1)9-18-10-14(13)16-19-15(20-21-16)11-5-7-17-8-6-11/h1-8,14,18H,9-10H2.